The zero-order chi connectivity index (χ0) is 17.9. The first-order valence-electron chi connectivity index (χ1n) is 8.56. The molecule has 1 fully saturated rings. The van der Waals surface area contributed by atoms with Gasteiger partial charge in [0.05, 0.1) is 15.7 Å². The molecule has 2 aromatic heterocycles. The Morgan fingerprint density at radius 3 is 2.92 bits per heavy atom. The van der Waals surface area contributed by atoms with Gasteiger partial charge >= 0.3 is 0 Å². The fourth-order valence-corrected chi connectivity index (χ4v) is 6.05. The van der Waals surface area contributed by atoms with Gasteiger partial charge in [0.15, 0.2) is 5.75 Å². The van der Waals surface area contributed by atoms with E-state index in [1.54, 1.807) is 11.3 Å². The van der Waals surface area contributed by atoms with E-state index in [1.165, 1.54) is 0 Å². The van der Waals surface area contributed by atoms with E-state index in [4.69, 9.17) is 15.5 Å². The second-order valence-corrected chi connectivity index (χ2v) is 8.36. The molecule has 2 atom stereocenters. The van der Waals surface area contributed by atoms with Gasteiger partial charge in [-0.05, 0) is 51.4 Å². The number of hydrogen-bond donors (Lipinski definition) is 1. The number of nitriles is 1. The normalized spacial score (nSPS) is 26.6. The second kappa shape index (κ2) is 5.45. The van der Waals surface area contributed by atoms with Crippen molar-refractivity contribution in [3.63, 3.8) is 0 Å². The number of thiophene rings is 1. The average Bonchev–Trinajstić information content (AvgIpc) is 2.89. The van der Waals surface area contributed by atoms with Crippen LogP contribution >= 0.6 is 11.3 Å². The SMILES string of the molecule is Cc1cc(C)c2c3c(sc2n1)[C@@]1(CCN(C)C[C@@H]1C)C(C#N)=C(N)O3. The predicted octanol–water partition coefficient (Wildman–Crippen LogP) is 3.21. The van der Waals surface area contributed by atoms with Gasteiger partial charge < -0.3 is 15.4 Å². The van der Waals surface area contributed by atoms with E-state index in [-0.39, 0.29) is 17.2 Å². The summed E-state index contributed by atoms with van der Waals surface area (Å²) in [6.45, 7) is 8.16. The van der Waals surface area contributed by atoms with Gasteiger partial charge in [-0.15, -0.1) is 11.3 Å². The van der Waals surface area contributed by atoms with Gasteiger partial charge in [-0.1, -0.05) is 6.92 Å². The van der Waals surface area contributed by atoms with E-state index in [0.717, 1.165) is 51.6 Å². The van der Waals surface area contributed by atoms with Gasteiger partial charge in [0.25, 0.3) is 0 Å². The number of nitrogens with zero attached hydrogens (tertiary/aromatic N) is 3. The minimum absolute atomic E-state index is 0.256. The van der Waals surface area contributed by atoms with Gasteiger partial charge in [-0.3, -0.25) is 0 Å². The molecule has 4 rings (SSSR count). The number of fused-ring (bicyclic) bond motifs is 4. The van der Waals surface area contributed by atoms with E-state index in [9.17, 15) is 5.26 Å². The molecule has 5 nitrogen and oxygen atoms in total. The third-order valence-electron chi connectivity index (χ3n) is 5.68. The Morgan fingerprint density at radius 1 is 1.48 bits per heavy atom. The molecular weight excluding hydrogens is 332 g/mol. The first-order valence-corrected chi connectivity index (χ1v) is 9.38. The summed E-state index contributed by atoms with van der Waals surface area (Å²) in [6, 6.07) is 4.44. The maximum atomic E-state index is 9.87. The van der Waals surface area contributed by atoms with Crippen molar-refractivity contribution in [1.82, 2.24) is 9.88 Å². The van der Waals surface area contributed by atoms with Crippen molar-refractivity contribution in [3.8, 4) is 11.8 Å². The number of allylic oxidation sites excluding steroid dienone is 1. The minimum Gasteiger partial charge on any atom is -0.439 e. The largest absolute Gasteiger partial charge is 0.439 e. The van der Waals surface area contributed by atoms with Crippen LogP contribution in [0.1, 0.15) is 29.5 Å². The molecule has 1 saturated heterocycles. The number of hydrogen-bond acceptors (Lipinski definition) is 6. The first-order chi connectivity index (χ1) is 11.9. The lowest BCUT2D eigenvalue weighted by Crippen LogP contribution is -2.50. The molecule has 0 bridgehead atoms. The van der Waals surface area contributed by atoms with Crippen molar-refractivity contribution in [2.75, 3.05) is 20.1 Å². The summed E-state index contributed by atoms with van der Waals surface area (Å²) >= 11 is 1.66. The molecule has 0 aliphatic carbocycles. The lowest BCUT2D eigenvalue weighted by Gasteiger charge is -2.46. The molecule has 2 aliphatic heterocycles. The highest BCUT2D eigenvalue weighted by molar-refractivity contribution is 7.19. The van der Waals surface area contributed by atoms with Crippen LogP contribution in [0.5, 0.6) is 5.75 Å². The zero-order valence-corrected chi connectivity index (χ0v) is 15.8. The maximum absolute atomic E-state index is 9.87. The summed E-state index contributed by atoms with van der Waals surface area (Å²) in [6.07, 6.45) is 0.871. The first kappa shape index (κ1) is 16.4. The van der Waals surface area contributed by atoms with E-state index in [0.29, 0.717) is 5.57 Å². The summed E-state index contributed by atoms with van der Waals surface area (Å²) in [5.41, 5.74) is 8.60. The molecule has 0 amide bonds. The Kier molecular flexibility index (Phi) is 3.57. The molecular formula is C19H22N4OS. The van der Waals surface area contributed by atoms with Crippen LogP contribution < -0.4 is 10.5 Å². The molecule has 0 saturated carbocycles. The highest BCUT2D eigenvalue weighted by atomic mass is 32.1. The zero-order valence-electron chi connectivity index (χ0n) is 15.0. The number of rotatable bonds is 0. The van der Waals surface area contributed by atoms with Crippen LogP contribution in [-0.4, -0.2) is 30.0 Å². The molecule has 0 radical (unpaired) electrons. The summed E-state index contributed by atoms with van der Waals surface area (Å²) in [5, 5.41) is 10.9. The van der Waals surface area contributed by atoms with E-state index >= 15 is 0 Å². The van der Waals surface area contributed by atoms with Crippen LogP contribution in [0, 0.1) is 31.1 Å². The molecule has 2 aromatic rings. The van der Waals surface area contributed by atoms with Crippen molar-refractivity contribution in [1.29, 1.82) is 5.26 Å². The van der Waals surface area contributed by atoms with Crippen molar-refractivity contribution in [3.05, 3.63) is 33.7 Å². The van der Waals surface area contributed by atoms with Gasteiger partial charge in [0.1, 0.15) is 16.5 Å². The smallest absolute Gasteiger partial charge is 0.205 e. The van der Waals surface area contributed by atoms with Gasteiger partial charge in [-0.25, -0.2) is 4.98 Å². The second-order valence-electron chi connectivity index (χ2n) is 7.36. The highest BCUT2D eigenvalue weighted by Gasteiger charge is 2.52. The van der Waals surface area contributed by atoms with Gasteiger partial charge in [0.2, 0.25) is 5.88 Å². The highest BCUT2D eigenvalue weighted by Crippen LogP contribution is 2.57. The van der Waals surface area contributed by atoms with Crippen LogP contribution in [0.25, 0.3) is 10.2 Å². The molecule has 6 heteroatoms. The Labute approximate surface area is 151 Å². The Balaban J connectivity index is 2.05. The molecule has 2 N–H and O–H groups in total. The summed E-state index contributed by atoms with van der Waals surface area (Å²) < 4.78 is 6.00. The Bertz CT molecular complexity index is 954. The topological polar surface area (TPSA) is 75.2 Å². The van der Waals surface area contributed by atoms with Crippen molar-refractivity contribution in [2.45, 2.75) is 32.6 Å². The third-order valence-corrected chi connectivity index (χ3v) is 6.92. The van der Waals surface area contributed by atoms with E-state index < -0.39 is 0 Å². The minimum atomic E-state index is -0.370. The molecule has 1 spiro atoms. The average molecular weight is 354 g/mol. The van der Waals surface area contributed by atoms with Crippen molar-refractivity contribution >= 4 is 21.6 Å². The third kappa shape index (κ3) is 2.12. The van der Waals surface area contributed by atoms with Crippen LogP contribution in [0.3, 0.4) is 0 Å². The predicted molar refractivity (Wildman–Crippen MR) is 99.5 cm³/mol. The molecule has 4 heterocycles. The quantitative estimate of drug-likeness (QED) is 0.786. The van der Waals surface area contributed by atoms with Crippen LogP contribution in [0.15, 0.2) is 17.5 Å². The van der Waals surface area contributed by atoms with E-state index in [1.807, 2.05) is 6.92 Å². The number of ether oxygens (including phenoxy) is 1. The van der Waals surface area contributed by atoms with Gasteiger partial charge in [0, 0.05) is 12.2 Å². The van der Waals surface area contributed by atoms with Crippen LogP contribution in [-0.2, 0) is 5.41 Å². The molecule has 0 unspecified atom stereocenters. The Morgan fingerprint density at radius 2 is 2.24 bits per heavy atom. The van der Waals surface area contributed by atoms with Gasteiger partial charge in [-0.2, -0.15) is 5.26 Å². The van der Waals surface area contributed by atoms with Crippen LogP contribution in [0.2, 0.25) is 0 Å². The van der Waals surface area contributed by atoms with Crippen LogP contribution in [0.4, 0.5) is 0 Å². The summed E-state index contributed by atoms with van der Waals surface area (Å²) in [4.78, 5) is 9.13. The summed E-state index contributed by atoms with van der Waals surface area (Å²) in [7, 11) is 2.13. The van der Waals surface area contributed by atoms with Crippen molar-refractivity contribution in [2.24, 2.45) is 11.7 Å². The van der Waals surface area contributed by atoms with E-state index in [2.05, 4.69) is 37.9 Å². The Hall–Kier alpha value is -2.10. The number of pyridine rings is 1. The number of nitrogens with two attached hydrogens (primary N) is 1. The number of aryl methyl sites for hydroxylation is 2. The fourth-order valence-electron chi connectivity index (χ4n) is 4.49. The lowest BCUT2D eigenvalue weighted by molar-refractivity contribution is 0.139. The number of aromatic nitrogens is 1. The van der Waals surface area contributed by atoms with Crippen molar-refractivity contribution < 1.29 is 4.74 Å². The standard InChI is InChI=1S/C19H22N4OS/c1-10-7-12(3)22-18-14(10)15-16(25-18)19(13(8-20)17(21)24-15)5-6-23(4)9-11(19)2/h7,11H,5-6,9,21H2,1-4H3/t11-,19+/m0/s1. The molecule has 25 heavy (non-hydrogen) atoms. The molecule has 0 aromatic carbocycles. The number of piperidine rings is 1. The maximum Gasteiger partial charge on any atom is 0.205 e. The molecule has 130 valence electrons. The summed E-state index contributed by atoms with van der Waals surface area (Å²) in [5.74, 6) is 1.35. The number of likely N-dealkylation sites (tertiary alicyclic amines) is 1. The monoisotopic (exact) mass is 354 g/mol. The fraction of sp³-hybridized carbons (Fsp3) is 0.474. The molecule has 2 aliphatic rings. The lowest BCUT2D eigenvalue weighted by atomic mass is 9.64.